The van der Waals surface area contributed by atoms with Crippen LogP contribution in [0.4, 0.5) is 0 Å². The van der Waals surface area contributed by atoms with Gasteiger partial charge in [0.25, 0.3) is 0 Å². The Morgan fingerprint density at radius 1 is 1.37 bits per heavy atom. The highest BCUT2D eigenvalue weighted by molar-refractivity contribution is 5.77. The molecule has 2 fully saturated rings. The number of piperidine rings is 1. The monoisotopic (exact) mass is 268 g/mol. The second kappa shape index (κ2) is 6.71. The van der Waals surface area contributed by atoms with Crippen molar-refractivity contribution in [2.45, 2.75) is 52.1 Å². The van der Waals surface area contributed by atoms with Crippen molar-refractivity contribution >= 4 is 5.91 Å². The van der Waals surface area contributed by atoms with Gasteiger partial charge in [-0.25, -0.2) is 0 Å². The summed E-state index contributed by atoms with van der Waals surface area (Å²) >= 11 is 0. The molecule has 0 unspecified atom stereocenters. The third-order valence-electron chi connectivity index (χ3n) is 4.59. The molecule has 1 amide bonds. The molecule has 19 heavy (non-hydrogen) atoms. The summed E-state index contributed by atoms with van der Waals surface area (Å²) in [5.74, 6) is 1.44. The van der Waals surface area contributed by atoms with Gasteiger partial charge in [-0.2, -0.15) is 0 Å². The Bertz CT molecular complexity index is 293. The van der Waals surface area contributed by atoms with Gasteiger partial charge in [0.1, 0.15) is 0 Å². The molecule has 2 heterocycles. The molecule has 0 spiro atoms. The average molecular weight is 268 g/mol. The SMILES string of the molecule is C[C@H](CC(=O)N1[C@H](C)COC[C@H]1C)[C@H]1CCCNC1. The van der Waals surface area contributed by atoms with E-state index in [9.17, 15) is 4.79 Å². The Kier molecular flexibility index (Phi) is 5.22. The third-order valence-corrected chi connectivity index (χ3v) is 4.59. The van der Waals surface area contributed by atoms with Crippen LogP contribution in [0.15, 0.2) is 0 Å². The van der Waals surface area contributed by atoms with E-state index in [0.29, 0.717) is 37.4 Å². The van der Waals surface area contributed by atoms with Crippen molar-refractivity contribution in [2.75, 3.05) is 26.3 Å². The Morgan fingerprint density at radius 3 is 2.63 bits per heavy atom. The molecule has 0 aromatic carbocycles. The number of ether oxygens (including phenoxy) is 1. The minimum absolute atomic E-state index is 0.216. The van der Waals surface area contributed by atoms with Crippen LogP contribution in [0.1, 0.15) is 40.0 Å². The fourth-order valence-electron chi connectivity index (χ4n) is 3.41. The second-order valence-corrected chi connectivity index (χ2v) is 6.32. The number of morpholine rings is 1. The van der Waals surface area contributed by atoms with Crippen molar-refractivity contribution < 1.29 is 9.53 Å². The second-order valence-electron chi connectivity index (χ2n) is 6.32. The molecule has 0 aliphatic carbocycles. The number of amides is 1. The molecule has 2 aliphatic rings. The summed E-state index contributed by atoms with van der Waals surface area (Å²) in [7, 11) is 0. The van der Waals surface area contributed by atoms with Gasteiger partial charge in [-0.15, -0.1) is 0 Å². The molecule has 4 nitrogen and oxygen atoms in total. The van der Waals surface area contributed by atoms with Crippen LogP contribution in [0.5, 0.6) is 0 Å². The van der Waals surface area contributed by atoms with Crippen molar-refractivity contribution in [3.05, 3.63) is 0 Å². The number of rotatable bonds is 3. The molecule has 110 valence electrons. The quantitative estimate of drug-likeness (QED) is 0.846. The normalized spacial score (nSPS) is 34.1. The Hall–Kier alpha value is -0.610. The summed E-state index contributed by atoms with van der Waals surface area (Å²) in [6.45, 7) is 9.95. The van der Waals surface area contributed by atoms with Crippen LogP contribution in [-0.2, 0) is 9.53 Å². The zero-order chi connectivity index (χ0) is 13.8. The van der Waals surface area contributed by atoms with Crippen molar-refractivity contribution in [1.82, 2.24) is 10.2 Å². The molecular formula is C15H28N2O2. The topological polar surface area (TPSA) is 41.6 Å². The van der Waals surface area contributed by atoms with Crippen LogP contribution in [0.3, 0.4) is 0 Å². The van der Waals surface area contributed by atoms with Gasteiger partial charge in [0, 0.05) is 6.42 Å². The largest absolute Gasteiger partial charge is 0.377 e. The van der Waals surface area contributed by atoms with Crippen LogP contribution in [0, 0.1) is 11.8 Å². The first-order chi connectivity index (χ1) is 9.09. The van der Waals surface area contributed by atoms with Gasteiger partial charge in [-0.3, -0.25) is 4.79 Å². The summed E-state index contributed by atoms with van der Waals surface area (Å²) in [5.41, 5.74) is 0. The summed E-state index contributed by atoms with van der Waals surface area (Å²) < 4.78 is 5.49. The van der Waals surface area contributed by atoms with E-state index >= 15 is 0 Å². The van der Waals surface area contributed by atoms with E-state index in [4.69, 9.17) is 4.74 Å². The molecular weight excluding hydrogens is 240 g/mol. The van der Waals surface area contributed by atoms with E-state index in [0.717, 1.165) is 13.1 Å². The number of carbonyl (C=O) groups is 1. The lowest BCUT2D eigenvalue weighted by Crippen LogP contribution is -2.53. The van der Waals surface area contributed by atoms with Gasteiger partial charge in [0.2, 0.25) is 5.91 Å². The van der Waals surface area contributed by atoms with Crippen LogP contribution >= 0.6 is 0 Å². The molecule has 0 bridgehead atoms. The van der Waals surface area contributed by atoms with Gasteiger partial charge in [0.15, 0.2) is 0 Å². The number of hydrogen-bond acceptors (Lipinski definition) is 3. The molecule has 4 heteroatoms. The van der Waals surface area contributed by atoms with Crippen molar-refractivity contribution in [3.63, 3.8) is 0 Å². The van der Waals surface area contributed by atoms with Crippen molar-refractivity contribution in [3.8, 4) is 0 Å². The fraction of sp³-hybridized carbons (Fsp3) is 0.933. The van der Waals surface area contributed by atoms with Gasteiger partial charge < -0.3 is 15.0 Å². The lowest BCUT2D eigenvalue weighted by Gasteiger charge is -2.40. The molecule has 0 radical (unpaired) electrons. The Morgan fingerprint density at radius 2 is 2.05 bits per heavy atom. The summed E-state index contributed by atoms with van der Waals surface area (Å²) in [5, 5.41) is 3.44. The van der Waals surface area contributed by atoms with Gasteiger partial charge >= 0.3 is 0 Å². The van der Waals surface area contributed by atoms with E-state index in [-0.39, 0.29) is 12.1 Å². The fourth-order valence-corrected chi connectivity index (χ4v) is 3.41. The first-order valence-electron chi connectivity index (χ1n) is 7.69. The van der Waals surface area contributed by atoms with Crippen LogP contribution in [0.25, 0.3) is 0 Å². The maximum absolute atomic E-state index is 12.5. The lowest BCUT2D eigenvalue weighted by atomic mass is 9.85. The molecule has 2 aliphatic heterocycles. The summed E-state index contributed by atoms with van der Waals surface area (Å²) in [6.07, 6.45) is 3.18. The van der Waals surface area contributed by atoms with E-state index in [1.807, 2.05) is 4.90 Å². The maximum atomic E-state index is 12.5. The highest BCUT2D eigenvalue weighted by Crippen LogP contribution is 2.25. The minimum atomic E-state index is 0.216. The molecule has 4 atom stereocenters. The smallest absolute Gasteiger partial charge is 0.223 e. The Balaban J connectivity index is 1.88. The van der Waals surface area contributed by atoms with E-state index in [2.05, 4.69) is 26.1 Å². The average Bonchev–Trinajstić information content (AvgIpc) is 2.39. The molecule has 0 aromatic heterocycles. The van der Waals surface area contributed by atoms with Crippen LogP contribution in [-0.4, -0.2) is 49.2 Å². The van der Waals surface area contributed by atoms with Crippen LogP contribution in [0.2, 0.25) is 0 Å². The third kappa shape index (κ3) is 3.69. The Labute approximate surface area is 116 Å². The summed E-state index contributed by atoms with van der Waals surface area (Å²) in [4.78, 5) is 14.6. The number of nitrogens with zero attached hydrogens (tertiary/aromatic N) is 1. The zero-order valence-corrected chi connectivity index (χ0v) is 12.5. The first-order valence-corrected chi connectivity index (χ1v) is 7.69. The summed E-state index contributed by atoms with van der Waals surface area (Å²) in [6, 6.07) is 0.431. The predicted molar refractivity (Wildman–Crippen MR) is 76.0 cm³/mol. The zero-order valence-electron chi connectivity index (χ0n) is 12.5. The van der Waals surface area contributed by atoms with Gasteiger partial charge in [-0.05, 0) is 51.6 Å². The number of nitrogens with one attached hydrogen (secondary N) is 1. The minimum Gasteiger partial charge on any atom is -0.377 e. The molecule has 0 aromatic rings. The van der Waals surface area contributed by atoms with Gasteiger partial charge in [-0.1, -0.05) is 6.92 Å². The highest BCUT2D eigenvalue weighted by Gasteiger charge is 2.31. The lowest BCUT2D eigenvalue weighted by molar-refractivity contribution is -0.145. The molecule has 0 saturated carbocycles. The molecule has 1 N–H and O–H groups in total. The standard InChI is InChI=1S/C15H28N2O2/c1-11(14-5-4-6-16-8-14)7-15(18)17-12(2)9-19-10-13(17)3/h11-14,16H,4-10H2,1-3H3/t11-,12-,13-,14+/m1/s1. The maximum Gasteiger partial charge on any atom is 0.223 e. The highest BCUT2D eigenvalue weighted by atomic mass is 16.5. The molecule has 2 rings (SSSR count). The van der Waals surface area contributed by atoms with Crippen molar-refractivity contribution in [2.24, 2.45) is 11.8 Å². The predicted octanol–water partition coefficient (Wildman–Crippen LogP) is 1.65. The van der Waals surface area contributed by atoms with E-state index in [1.54, 1.807) is 0 Å². The first kappa shape index (κ1) is 14.8. The number of carbonyl (C=O) groups excluding carboxylic acids is 1. The van der Waals surface area contributed by atoms with Gasteiger partial charge in [0.05, 0.1) is 25.3 Å². The molecule has 2 saturated heterocycles. The van der Waals surface area contributed by atoms with Crippen LogP contribution < -0.4 is 5.32 Å². The number of hydrogen-bond donors (Lipinski definition) is 1. The van der Waals surface area contributed by atoms with Crippen molar-refractivity contribution in [1.29, 1.82) is 0 Å². The van der Waals surface area contributed by atoms with E-state index < -0.39 is 0 Å². The van der Waals surface area contributed by atoms with E-state index in [1.165, 1.54) is 12.8 Å².